The number of hydrogen-bond donors (Lipinski definition) is 1. The predicted molar refractivity (Wildman–Crippen MR) is 101 cm³/mol. The maximum Gasteiger partial charge on any atom is 0.254 e. The summed E-state index contributed by atoms with van der Waals surface area (Å²) < 4.78 is 5.46. The van der Waals surface area contributed by atoms with Crippen LogP contribution in [-0.2, 0) is 4.79 Å². The van der Waals surface area contributed by atoms with Gasteiger partial charge in [-0.2, -0.15) is 0 Å². The Bertz CT molecular complexity index is 976. The fourth-order valence-electron chi connectivity index (χ4n) is 3.40. The largest absolute Gasteiger partial charge is 0.463 e. The second kappa shape index (κ2) is 7.20. The van der Waals surface area contributed by atoms with Crippen molar-refractivity contribution in [2.75, 3.05) is 32.7 Å². The molecule has 1 aliphatic rings. The van der Waals surface area contributed by atoms with Gasteiger partial charge in [0.25, 0.3) is 5.91 Å². The van der Waals surface area contributed by atoms with E-state index in [1.807, 2.05) is 40.1 Å². The number of hydrogen-bond acceptors (Lipinski definition) is 5. The highest BCUT2D eigenvalue weighted by molar-refractivity contribution is 6.07. The lowest BCUT2D eigenvalue weighted by molar-refractivity contribution is -0.119. The number of carbonyl (C=O) groups excluding carboxylic acids is 2. The molecule has 138 valence electrons. The summed E-state index contributed by atoms with van der Waals surface area (Å²) in [7, 11) is 0. The van der Waals surface area contributed by atoms with Crippen molar-refractivity contribution in [3.63, 3.8) is 0 Å². The molecule has 1 fully saturated rings. The lowest BCUT2D eigenvalue weighted by atomic mass is 10.0. The van der Waals surface area contributed by atoms with Gasteiger partial charge in [0, 0.05) is 31.6 Å². The van der Waals surface area contributed by atoms with Crippen molar-refractivity contribution < 1.29 is 14.0 Å². The molecule has 0 radical (unpaired) electrons. The zero-order valence-corrected chi connectivity index (χ0v) is 14.8. The van der Waals surface area contributed by atoms with Crippen molar-refractivity contribution in [3.05, 3.63) is 54.3 Å². The van der Waals surface area contributed by atoms with Crippen LogP contribution >= 0.6 is 0 Å². The van der Waals surface area contributed by atoms with Crippen molar-refractivity contribution in [1.29, 1.82) is 0 Å². The van der Waals surface area contributed by atoms with Crippen LogP contribution in [0.5, 0.6) is 0 Å². The van der Waals surface area contributed by atoms with Gasteiger partial charge in [0.1, 0.15) is 5.69 Å². The average Bonchev–Trinajstić information content (AvgIpc) is 3.21. The Hall–Kier alpha value is -3.19. The predicted octanol–water partition coefficient (Wildman–Crippen LogP) is 1.74. The minimum absolute atomic E-state index is 0.0415. The van der Waals surface area contributed by atoms with Gasteiger partial charge in [0.05, 0.1) is 23.9 Å². The molecule has 0 atom stereocenters. The molecule has 0 saturated carbocycles. The van der Waals surface area contributed by atoms with Crippen LogP contribution in [0, 0.1) is 0 Å². The molecule has 7 heteroatoms. The van der Waals surface area contributed by atoms with Gasteiger partial charge in [-0.3, -0.25) is 14.5 Å². The summed E-state index contributed by atoms with van der Waals surface area (Å²) in [5, 5.41) is 0.817. The molecule has 27 heavy (non-hydrogen) atoms. The van der Waals surface area contributed by atoms with Crippen molar-refractivity contribution in [2.24, 2.45) is 5.73 Å². The van der Waals surface area contributed by atoms with Crippen molar-refractivity contribution >= 4 is 22.7 Å². The van der Waals surface area contributed by atoms with Crippen LogP contribution in [0.1, 0.15) is 10.4 Å². The summed E-state index contributed by atoms with van der Waals surface area (Å²) in [4.78, 5) is 32.7. The van der Waals surface area contributed by atoms with Gasteiger partial charge in [0.2, 0.25) is 5.91 Å². The van der Waals surface area contributed by atoms with E-state index in [1.54, 1.807) is 18.4 Å². The zero-order chi connectivity index (χ0) is 18.8. The number of aromatic nitrogens is 1. The third-order valence-corrected chi connectivity index (χ3v) is 4.76. The smallest absolute Gasteiger partial charge is 0.254 e. The highest BCUT2D eigenvalue weighted by Gasteiger charge is 2.25. The van der Waals surface area contributed by atoms with Crippen molar-refractivity contribution in [2.45, 2.75) is 0 Å². The Balaban J connectivity index is 1.64. The molecule has 1 aromatic carbocycles. The summed E-state index contributed by atoms with van der Waals surface area (Å²) in [6.45, 7) is 2.59. The number of amides is 2. The number of primary amides is 1. The second-order valence-corrected chi connectivity index (χ2v) is 6.58. The summed E-state index contributed by atoms with van der Waals surface area (Å²) in [6, 6.07) is 13.0. The Labute approximate surface area is 156 Å². The Kier molecular flexibility index (Phi) is 4.60. The zero-order valence-electron chi connectivity index (χ0n) is 14.8. The molecule has 1 saturated heterocycles. The highest BCUT2D eigenvalue weighted by Crippen LogP contribution is 2.26. The first-order valence-corrected chi connectivity index (χ1v) is 8.85. The van der Waals surface area contributed by atoms with E-state index in [-0.39, 0.29) is 18.4 Å². The molecule has 0 bridgehead atoms. The van der Waals surface area contributed by atoms with Gasteiger partial charge < -0.3 is 15.1 Å². The maximum atomic E-state index is 13.2. The van der Waals surface area contributed by atoms with Crippen LogP contribution < -0.4 is 5.73 Å². The number of furan rings is 1. The molecule has 1 aliphatic heterocycles. The number of nitrogens with two attached hydrogens (primary N) is 1. The Morgan fingerprint density at radius 3 is 2.56 bits per heavy atom. The third kappa shape index (κ3) is 3.54. The van der Waals surface area contributed by atoms with Crippen LogP contribution in [0.3, 0.4) is 0 Å². The van der Waals surface area contributed by atoms with Crippen molar-refractivity contribution in [1.82, 2.24) is 14.8 Å². The van der Waals surface area contributed by atoms with Crippen LogP contribution in [0.4, 0.5) is 0 Å². The topological polar surface area (TPSA) is 92.7 Å². The quantitative estimate of drug-likeness (QED) is 0.761. The van der Waals surface area contributed by atoms with Crippen molar-refractivity contribution in [3.8, 4) is 11.5 Å². The highest BCUT2D eigenvalue weighted by atomic mass is 16.3. The molecule has 2 N–H and O–H groups in total. The number of rotatable bonds is 4. The Morgan fingerprint density at radius 1 is 1.07 bits per heavy atom. The minimum Gasteiger partial charge on any atom is -0.463 e. The molecule has 2 aromatic heterocycles. The van der Waals surface area contributed by atoms with E-state index in [2.05, 4.69) is 4.98 Å². The van der Waals surface area contributed by atoms with E-state index in [0.717, 1.165) is 10.9 Å². The van der Waals surface area contributed by atoms with E-state index >= 15 is 0 Å². The molecule has 7 nitrogen and oxygen atoms in total. The van der Waals surface area contributed by atoms with Gasteiger partial charge in [0.15, 0.2) is 5.76 Å². The molecule has 4 rings (SSSR count). The molecule has 3 heterocycles. The molecule has 0 unspecified atom stereocenters. The van der Waals surface area contributed by atoms with E-state index in [0.29, 0.717) is 43.2 Å². The fourth-order valence-corrected chi connectivity index (χ4v) is 3.40. The molecule has 0 aliphatic carbocycles. The summed E-state index contributed by atoms with van der Waals surface area (Å²) in [5.74, 6) is 0.235. The lowest BCUT2D eigenvalue weighted by Crippen LogP contribution is -2.50. The molecular weight excluding hydrogens is 344 g/mol. The Morgan fingerprint density at radius 2 is 1.85 bits per heavy atom. The third-order valence-electron chi connectivity index (χ3n) is 4.76. The number of benzene rings is 1. The lowest BCUT2D eigenvalue weighted by Gasteiger charge is -2.34. The number of nitrogens with zero attached hydrogens (tertiary/aromatic N) is 3. The fraction of sp³-hybridized carbons (Fsp3) is 0.250. The normalized spacial score (nSPS) is 15.2. The molecular formula is C20H20N4O3. The maximum absolute atomic E-state index is 13.2. The molecule has 3 aromatic rings. The summed E-state index contributed by atoms with van der Waals surface area (Å²) >= 11 is 0. The summed E-state index contributed by atoms with van der Waals surface area (Å²) in [5.41, 5.74) is 7.25. The van der Waals surface area contributed by atoms with E-state index < -0.39 is 0 Å². The van der Waals surface area contributed by atoms with E-state index in [4.69, 9.17) is 10.2 Å². The van der Waals surface area contributed by atoms with Gasteiger partial charge in [-0.05, 0) is 24.3 Å². The first-order valence-electron chi connectivity index (χ1n) is 8.85. The average molecular weight is 364 g/mol. The first kappa shape index (κ1) is 17.2. The molecule has 2 amide bonds. The second-order valence-electron chi connectivity index (χ2n) is 6.58. The van der Waals surface area contributed by atoms with Crippen LogP contribution in [0.15, 0.2) is 53.1 Å². The van der Waals surface area contributed by atoms with Crippen LogP contribution in [0.25, 0.3) is 22.4 Å². The van der Waals surface area contributed by atoms with Gasteiger partial charge in [-0.25, -0.2) is 4.98 Å². The van der Waals surface area contributed by atoms with E-state index in [9.17, 15) is 9.59 Å². The van der Waals surface area contributed by atoms with Gasteiger partial charge >= 0.3 is 0 Å². The standard InChI is InChI=1S/C20H20N4O3/c21-19(25)13-23-7-9-24(10-8-23)20(26)15-12-17(18-6-3-11-27-18)22-16-5-2-1-4-14(15)16/h1-6,11-12H,7-10,13H2,(H2,21,25). The van der Waals surface area contributed by atoms with Crippen LogP contribution in [-0.4, -0.2) is 59.3 Å². The summed E-state index contributed by atoms with van der Waals surface area (Å²) in [6.07, 6.45) is 1.59. The number of pyridine rings is 1. The monoisotopic (exact) mass is 364 g/mol. The number of para-hydroxylation sites is 1. The van der Waals surface area contributed by atoms with Gasteiger partial charge in [-0.15, -0.1) is 0 Å². The minimum atomic E-state index is -0.349. The first-order chi connectivity index (χ1) is 13.1. The van der Waals surface area contributed by atoms with Gasteiger partial charge in [-0.1, -0.05) is 18.2 Å². The number of piperazine rings is 1. The molecule has 0 spiro atoms. The number of fused-ring (bicyclic) bond motifs is 1. The number of carbonyl (C=O) groups is 2. The SMILES string of the molecule is NC(=O)CN1CCN(C(=O)c2cc(-c3ccco3)nc3ccccc23)CC1. The van der Waals surface area contributed by atoms with E-state index in [1.165, 1.54) is 0 Å². The van der Waals surface area contributed by atoms with Crippen LogP contribution in [0.2, 0.25) is 0 Å².